The molecule has 1 heterocycles. The summed E-state index contributed by atoms with van der Waals surface area (Å²) in [5.74, 6) is -0.236. The molecule has 146 valence electrons. The Bertz CT molecular complexity index is 1160. The fraction of sp³-hybridized carbons (Fsp3) is 0.167. The minimum absolute atomic E-state index is 0.236. The first-order valence-electron chi connectivity index (χ1n) is 9.58. The molecule has 3 N–H and O–H groups in total. The zero-order valence-corrected chi connectivity index (χ0v) is 16.7. The molecule has 3 aromatic rings. The molecule has 0 saturated carbocycles. The summed E-state index contributed by atoms with van der Waals surface area (Å²) in [6, 6.07) is 18.9. The Morgan fingerprint density at radius 2 is 1.72 bits per heavy atom. The maximum atomic E-state index is 13.3. The van der Waals surface area contributed by atoms with Gasteiger partial charge in [-0.3, -0.25) is 4.79 Å². The molecule has 0 aromatic heterocycles. The van der Waals surface area contributed by atoms with E-state index >= 15 is 0 Å². The second kappa shape index (κ2) is 7.43. The van der Waals surface area contributed by atoms with Crippen molar-refractivity contribution in [2.24, 2.45) is 0 Å². The van der Waals surface area contributed by atoms with E-state index in [0.29, 0.717) is 11.3 Å². The molecular weight excluding hydrogens is 362 g/mol. The Balaban J connectivity index is 1.77. The van der Waals surface area contributed by atoms with Crippen LogP contribution in [0.1, 0.15) is 29.7 Å². The van der Waals surface area contributed by atoms with E-state index in [1.54, 1.807) is 6.92 Å². The van der Waals surface area contributed by atoms with Crippen LogP contribution in [0, 0.1) is 13.8 Å². The lowest BCUT2D eigenvalue weighted by molar-refractivity contribution is -0.113. The highest BCUT2D eigenvalue weighted by Crippen LogP contribution is 2.32. The summed E-state index contributed by atoms with van der Waals surface area (Å²) in [5.41, 5.74) is 4.83. The zero-order valence-electron chi connectivity index (χ0n) is 16.7. The van der Waals surface area contributed by atoms with Crippen LogP contribution in [0.5, 0.6) is 0 Å². The number of hydrogen-bond donors (Lipinski definition) is 3. The molecular formula is C24H23N3O2. The molecule has 1 atom stereocenters. The van der Waals surface area contributed by atoms with Crippen LogP contribution in [-0.2, 0) is 4.79 Å². The average Bonchev–Trinajstić information content (AvgIpc) is 2.69. The van der Waals surface area contributed by atoms with Gasteiger partial charge in [-0.15, -0.1) is 0 Å². The molecule has 0 fully saturated rings. The number of rotatable bonds is 3. The molecule has 0 aliphatic carbocycles. The number of benzene rings is 3. The van der Waals surface area contributed by atoms with Gasteiger partial charge in [0, 0.05) is 11.4 Å². The van der Waals surface area contributed by atoms with Crippen molar-refractivity contribution in [3.05, 3.63) is 88.6 Å². The van der Waals surface area contributed by atoms with Gasteiger partial charge in [0.1, 0.15) is 0 Å². The Labute approximate surface area is 169 Å². The summed E-state index contributed by atoms with van der Waals surface area (Å²) in [6.07, 6.45) is 0. The van der Waals surface area contributed by atoms with Crippen molar-refractivity contribution in [2.45, 2.75) is 26.8 Å². The normalized spacial score (nSPS) is 16.4. The zero-order chi connectivity index (χ0) is 20.5. The van der Waals surface area contributed by atoms with Crippen molar-refractivity contribution in [2.75, 3.05) is 5.32 Å². The van der Waals surface area contributed by atoms with Crippen molar-refractivity contribution in [3.8, 4) is 0 Å². The lowest BCUT2D eigenvalue weighted by Gasteiger charge is -2.29. The third kappa shape index (κ3) is 3.59. The van der Waals surface area contributed by atoms with E-state index in [4.69, 9.17) is 0 Å². The molecule has 1 unspecified atom stereocenters. The fourth-order valence-electron chi connectivity index (χ4n) is 3.87. The number of amides is 3. The van der Waals surface area contributed by atoms with E-state index in [2.05, 4.69) is 16.0 Å². The summed E-state index contributed by atoms with van der Waals surface area (Å²) in [4.78, 5) is 25.5. The van der Waals surface area contributed by atoms with Gasteiger partial charge in [-0.25, -0.2) is 4.79 Å². The summed E-state index contributed by atoms with van der Waals surface area (Å²) >= 11 is 0. The highest BCUT2D eigenvalue weighted by Gasteiger charge is 2.32. The number of carbonyl (C=O) groups excluding carboxylic acids is 2. The standard InChI is InChI=1S/C24H23N3O2/c1-14-11-12-20(15(2)13-14)26-23(28)21-16(3)25-24(29)27-22(21)19-10-6-8-17-7-4-5-9-18(17)19/h4-13,22H,1-3H3,(H,26,28)(H2,25,27,29). The van der Waals surface area contributed by atoms with Crippen molar-refractivity contribution in [1.82, 2.24) is 10.6 Å². The van der Waals surface area contributed by atoms with Crippen LogP contribution >= 0.6 is 0 Å². The predicted octanol–water partition coefficient (Wildman–Crippen LogP) is 4.72. The second-order valence-corrected chi connectivity index (χ2v) is 7.41. The van der Waals surface area contributed by atoms with Gasteiger partial charge in [-0.1, -0.05) is 60.2 Å². The molecule has 0 radical (unpaired) electrons. The van der Waals surface area contributed by atoms with Gasteiger partial charge in [0.25, 0.3) is 5.91 Å². The first kappa shape index (κ1) is 18.7. The third-order valence-electron chi connectivity index (χ3n) is 5.28. The molecule has 1 aliphatic heterocycles. The molecule has 4 rings (SSSR count). The van der Waals surface area contributed by atoms with Crippen LogP contribution in [0.3, 0.4) is 0 Å². The highest BCUT2D eigenvalue weighted by molar-refractivity contribution is 6.07. The third-order valence-corrected chi connectivity index (χ3v) is 5.28. The topological polar surface area (TPSA) is 70.2 Å². The smallest absolute Gasteiger partial charge is 0.319 e. The van der Waals surface area contributed by atoms with E-state index < -0.39 is 6.04 Å². The maximum Gasteiger partial charge on any atom is 0.319 e. The molecule has 3 aromatic carbocycles. The van der Waals surface area contributed by atoms with E-state index in [0.717, 1.165) is 33.2 Å². The van der Waals surface area contributed by atoms with Crippen molar-refractivity contribution in [1.29, 1.82) is 0 Å². The van der Waals surface area contributed by atoms with Gasteiger partial charge in [0.15, 0.2) is 0 Å². The first-order chi connectivity index (χ1) is 13.9. The molecule has 0 spiro atoms. The summed E-state index contributed by atoms with van der Waals surface area (Å²) < 4.78 is 0. The summed E-state index contributed by atoms with van der Waals surface area (Å²) in [6.45, 7) is 5.74. The van der Waals surface area contributed by atoms with E-state index in [1.165, 1.54) is 0 Å². The van der Waals surface area contributed by atoms with Crippen LogP contribution < -0.4 is 16.0 Å². The number of urea groups is 1. The number of hydrogen-bond acceptors (Lipinski definition) is 2. The lowest BCUT2D eigenvalue weighted by Crippen LogP contribution is -2.46. The Morgan fingerprint density at radius 3 is 2.52 bits per heavy atom. The van der Waals surface area contributed by atoms with Gasteiger partial charge in [-0.05, 0) is 48.7 Å². The van der Waals surface area contributed by atoms with Gasteiger partial charge in [0.05, 0.1) is 11.6 Å². The Morgan fingerprint density at radius 1 is 0.966 bits per heavy atom. The first-order valence-corrected chi connectivity index (χ1v) is 9.58. The van der Waals surface area contributed by atoms with Gasteiger partial charge >= 0.3 is 6.03 Å². The SMILES string of the molecule is CC1=C(C(=O)Nc2ccc(C)cc2C)C(c2cccc3ccccc23)NC(=O)N1. The molecule has 3 amide bonds. The second-order valence-electron chi connectivity index (χ2n) is 7.41. The van der Waals surface area contributed by atoms with Crippen LogP contribution in [0.4, 0.5) is 10.5 Å². The minimum atomic E-state index is -0.541. The van der Waals surface area contributed by atoms with Gasteiger partial charge in [0.2, 0.25) is 0 Å². The molecule has 5 nitrogen and oxygen atoms in total. The molecule has 0 saturated heterocycles. The van der Waals surface area contributed by atoms with Crippen LogP contribution in [-0.4, -0.2) is 11.9 Å². The van der Waals surface area contributed by atoms with E-state index in [-0.39, 0.29) is 11.9 Å². The molecule has 5 heteroatoms. The van der Waals surface area contributed by atoms with Crippen molar-refractivity contribution < 1.29 is 9.59 Å². The van der Waals surface area contributed by atoms with Crippen LogP contribution in [0.15, 0.2) is 71.9 Å². The average molecular weight is 385 g/mol. The summed E-state index contributed by atoms with van der Waals surface area (Å²) in [5, 5.41) is 10.7. The fourth-order valence-corrected chi connectivity index (χ4v) is 3.87. The lowest BCUT2D eigenvalue weighted by atomic mass is 9.91. The minimum Gasteiger partial charge on any atom is -0.327 e. The Kier molecular flexibility index (Phi) is 4.80. The number of anilines is 1. The maximum absolute atomic E-state index is 13.3. The number of nitrogens with one attached hydrogen (secondary N) is 3. The van der Waals surface area contributed by atoms with E-state index in [1.807, 2.05) is 74.5 Å². The number of fused-ring (bicyclic) bond motifs is 1. The van der Waals surface area contributed by atoms with Crippen molar-refractivity contribution in [3.63, 3.8) is 0 Å². The number of aryl methyl sites for hydroxylation is 2. The molecule has 1 aliphatic rings. The van der Waals surface area contributed by atoms with Gasteiger partial charge in [-0.2, -0.15) is 0 Å². The number of allylic oxidation sites excluding steroid dienone is 1. The number of carbonyl (C=O) groups is 2. The highest BCUT2D eigenvalue weighted by atomic mass is 16.2. The summed E-state index contributed by atoms with van der Waals surface area (Å²) in [7, 11) is 0. The largest absolute Gasteiger partial charge is 0.327 e. The van der Waals surface area contributed by atoms with Gasteiger partial charge < -0.3 is 16.0 Å². The van der Waals surface area contributed by atoms with E-state index in [9.17, 15) is 9.59 Å². The Hall–Kier alpha value is -3.60. The van der Waals surface area contributed by atoms with Crippen molar-refractivity contribution >= 4 is 28.4 Å². The monoisotopic (exact) mass is 385 g/mol. The van der Waals surface area contributed by atoms with Crippen LogP contribution in [0.25, 0.3) is 10.8 Å². The molecule has 29 heavy (non-hydrogen) atoms. The quantitative estimate of drug-likeness (QED) is 0.610. The molecule has 0 bridgehead atoms. The van der Waals surface area contributed by atoms with Crippen LogP contribution in [0.2, 0.25) is 0 Å². The predicted molar refractivity (Wildman–Crippen MR) is 116 cm³/mol.